The molecule has 0 unspecified atom stereocenters. The second-order valence-electron chi connectivity index (χ2n) is 8.74. The monoisotopic (exact) mass is 563 g/mol. The fourth-order valence-electron chi connectivity index (χ4n) is 4.07. The summed E-state index contributed by atoms with van der Waals surface area (Å²) in [4.78, 5) is 28.8. The maximum Gasteiger partial charge on any atom is 0.412 e. The number of nitrogen functional groups attached to an aromatic ring is 1. The largest absolute Gasteiger partial charge is 0.489 e. The summed E-state index contributed by atoms with van der Waals surface area (Å²) in [6, 6.07) is 6.66. The zero-order valence-electron chi connectivity index (χ0n) is 20.7. The highest BCUT2D eigenvalue weighted by atomic mass is 32.2. The molecule has 1 aromatic carbocycles. The zero-order chi connectivity index (χ0) is 27.3. The molecule has 3 aromatic rings. The number of carbonyl (C=O) groups excluding carboxylic acids is 2. The number of fused-ring (bicyclic) bond motifs is 1. The summed E-state index contributed by atoms with van der Waals surface area (Å²) < 4.78 is 36.7. The van der Waals surface area contributed by atoms with Crippen molar-refractivity contribution < 1.29 is 32.6 Å². The van der Waals surface area contributed by atoms with E-state index in [0.717, 1.165) is 5.56 Å². The number of benzene rings is 1. The van der Waals surface area contributed by atoms with Crippen molar-refractivity contribution in [3.8, 4) is 11.5 Å². The molecule has 12 nitrogen and oxygen atoms in total. The van der Waals surface area contributed by atoms with E-state index in [1.807, 2.05) is 5.38 Å². The number of hydrogen-bond acceptors (Lipinski definition) is 10. The molecule has 1 saturated heterocycles. The minimum atomic E-state index is -3.23. The van der Waals surface area contributed by atoms with Crippen molar-refractivity contribution in [3.05, 3.63) is 47.0 Å². The first-order valence-electron chi connectivity index (χ1n) is 11.9. The molecule has 3 heterocycles. The Bertz CT molecular complexity index is 1420. The maximum atomic E-state index is 12.8. The van der Waals surface area contributed by atoms with Gasteiger partial charge in [-0.1, -0.05) is 6.07 Å². The predicted octanol–water partition coefficient (Wildman–Crippen LogP) is 1.69. The van der Waals surface area contributed by atoms with Gasteiger partial charge in [-0.3, -0.25) is 4.79 Å². The van der Waals surface area contributed by atoms with Crippen molar-refractivity contribution in [2.75, 3.05) is 38.2 Å². The third-order valence-corrected chi connectivity index (χ3v) is 8.35. The number of rotatable bonds is 9. The van der Waals surface area contributed by atoms with Crippen molar-refractivity contribution in [2.24, 2.45) is 0 Å². The first kappa shape index (κ1) is 27.6. The Labute approximate surface area is 223 Å². The molecule has 204 valence electrons. The zero-order valence-corrected chi connectivity index (χ0v) is 22.3. The molecule has 0 atom stereocenters. The summed E-state index contributed by atoms with van der Waals surface area (Å²) in [6.45, 7) is 0.742. The maximum absolute atomic E-state index is 12.8. The van der Waals surface area contributed by atoms with Gasteiger partial charge in [-0.25, -0.2) is 22.5 Å². The Hall–Kier alpha value is -3.46. The molecule has 2 aromatic heterocycles. The van der Waals surface area contributed by atoms with Crippen LogP contribution in [-0.4, -0.2) is 73.4 Å². The van der Waals surface area contributed by atoms with Crippen molar-refractivity contribution in [1.29, 1.82) is 0 Å². The number of carbonyl (C=O) groups is 2. The van der Waals surface area contributed by atoms with Crippen LogP contribution in [0.5, 0.6) is 11.5 Å². The van der Waals surface area contributed by atoms with Crippen molar-refractivity contribution in [1.82, 2.24) is 19.9 Å². The smallest absolute Gasteiger partial charge is 0.412 e. The molecule has 5 N–H and O–H groups in total. The van der Waals surface area contributed by atoms with Gasteiger partial charge in [0.05, 0.1) is 23.8 Å². The Morgan fingerprint density at radius 2 is 2.05 bits per heavy atom. The molecule has 0 aliphatic carbocycles. The van der Waals surface area contributed by atoms with Gasteiger partial charge >= 0.3 is 6.09 Å². The molecule has 2 amide bonds. The summed E-state index contributed by atoms with van der Waals surface area (Å²) >= 11 is 1.33. The molecule has 1 aliphatic heterocycles. The molecule has 4 rings (SSSR count). The highest BCUT2D eigenvalue weighted by molar-refractivity contribution is 7.88. The van der Waals surface area contributed by atoms with E-state index >= 15 is 0 Å². The van der Waals surface area contributed by atoms with Gasteiger partial charge in [0.1, 0.15) is 18.2 Å². The van der Waals surface area contributed by atoms with Gasteiger partial charge in [-0.05, 0) is 36.4 Å². The number of ether oxygens (including phenoxy) is 2. The topological polar surface area (TPSA) is 173 Å². The van der Waals surface area contributed by atoms with E-state index in [0.29, 0.717) is 47.3 Å². The highest BCUT2D eigenvalue weighted by Crippen LogP contribution is 2.37. The van der Waals surface area contributed by atoms with Crippen LogP contribution in [0.3, 0.4) is 0 Å². The van der Waals surface area contributed by atoms with E-state index in [1.165, 1.54) is 28.1 Å². The third kappa shape index (κ3) is 6.69. The molecule has 0 saturated carbocycles. The number of sulfonamides is 1. The fraction of sp³-hybridized carbons (Fsp3) is 0.375. The number of thiophene rings is 1. The van der Waals surface area contributed by atoms with Crippen LogP contribution < -0.4 is 25.8 Å². The second kappa shape index (κ2) is 11.9. The normalized spacial score (nSPS) is 14.8. The molecular formula is C24H29N5O7S2. The Kier molecular flexibility index (Phi) is 8.66. The van der Waals surface area contributed by atoms with Crippen LogP contribution in [0.4, 0.5) is 10.6 Å². The van der Waals surface area contributed by atoms with Gasteiger partial charge in [-0.2, -0.15) is 0 Å². The number of piperidine rings is 1. The van der Waals surface area contributed by atoms with Gasteiger partial charge in [-0.15, -0.1) is 11.3 Å². The van der Waals surface area contributed by atoms with Crippen molar-refractivity contribution in [2.45, 2.75) is 25.5 Å². The summed E-state index contributed by atoms with van der Waals surface area (Å²) in [5, 5.41) is 16.7. The lowest BCUT2D eigenvalue weighted by Crippen LogP contribution is -2.46. The van der Waals surface area contributed by atoms with Crippen LogP contribution in [0.15, 0.2) is 35.8 Å². The van der Waals surface area contributed by atoms with Crippen LogP contribution in [-0.2, 0) is 16.6 Å². The van der Waals surface area contributed by atoms with E-state index in [-0.39, 0.29) is 43.3 Å². The molecule has 0 bridgehead atoms. The van der Waals surface area contributed by atoms with Gasteiger partial charge in [0.25, 0.3) is 5.91 Å². The standard InChI is InChI=1S/C24H29N5O7S2/c1-38(33,34)29-8-5-17(6-9-29)28-23(31)15-3-2-4-18(11-15)35-13-16-14-37-21-19(12-27-22(25)20(16)21)36-24(32)26-7-10-30/h2-4,11-12,14,17,30H,5-10,13H2,1H3,(H2,25,27)(H,26,32)(H,28,31). The van der Waals surface area contributed by atoms with Crippen molar-refractivity contribution in [3.63, 3.8) is 0 Å². The lowest BCUT2D eigenvalue weighted by atomic mass is 10.1. The average Bonchev–Trinajstić information content (AvgIpc) is 3.33. The van der Waals surface area contributed by atoms with E-state index in [9.17, 15) is 18.0 Å². The molecule has 0 spiro atoms. The first-order valence-corrected chi connectivity index (χ1v) is 14.6. The Morgan fingerprint density at radius 3 is 2.76 bits per heavy atom. The number of nitrogens with two attached hydrogens (primary N) is 1. The number of anilines is 1. The number of pyridine rings is 1. The lowest BCUT2D eigenvalue weighted by molar-refractivity contribution is 0.0923. The van der Waals surface area contributed by atoms with Crippen LogP contribution in [0.1, 0.15) is 28.8 Å². The van der Waals surface area contributed by atoms with Crippen LogP contribution >= 0.6 is 11.3 Å². The van der Waals surface area contributed by atoms with Crippen LogP contribution in [0.25, 0.3) is 10.1 Å². The number of amides is 2. The second-order valence-corrected chi connectivity index (χ2v) is 11.6. The lowest BCUT2D eigenvalue weighted by Gasteiger charge is -2.30. The highest BCUT2D eigenvalue weighted by Gasteiger charge is 2.26. The van der Waals surface area contributed by atoms with E-state index in [1.54, 1.807) is 24.3 Å². The SMILES string of the molecule is CS(=O)(=O)N1CCC(NC(=O)c2cccc(OCc3csc4c(OC(=O)NCCO)cnc(N)c34)c2)CC1. The first-order chi connectivity index (χ1) is 18.2. The van der Waals surface area contributed by atoms with E-state index < -0.39 is 16.1 Å². The minimum absolute atomic E-state index is 0.0629. The summed E-state index contributed by atoms with van der Waals surface area (Å²) in [7, 11) is -3.23. The quantitative estimate of drug-likeness (QED) is 0.302. The summed E-state index contributed by atoms with van der Waals surface area (Å²) in [5.41, 5.74) is 7.26. The van der Waals surface area contributed by atoms with Gasteiger partial charge in [0.2, 0.25) is 10.0 Å². The van der Waals surface area contributed by atoms with Gasteiger partial charge in [0, 0.05) is 42.2 Å². The number of aromatic nitrogens is 1. The third-order valence-electron chi connectivity index (χ3n) is 6.00. The molecular weight excluding hydrogens is 534 g/mol. The molecule has 1 aliphatic rings. The Morgan fingerprint density at radius 1 is 1.29 bits per heavy atom. The minimum Gasteiger partial charge on any atom is -0.489 e. The van der Waals surface area contributed by atoms with E-state index in [4.69, 9.17) is 20.3 Å². The van der Waals surface area contributed by atoms with Crippen LogP contribution in [0, 0.1) is 0 Å². The molecule has 1 fully saturated rings. The van der Waals surface area contributed by atoms with E-state index in [2.05, 4.69) is 15.6 Å². The van der Waals surface area contributed by atoms with Crippen LogP contribution in [0.2, 0.25) is 0 Å². The fourth-order valence-corrected chi connectivity index (χ4v) is 5.95. The number of aliphatic hydroxyl groups is 1. The predicted molar refractivity (Wildman–Crippen MR) is 143 cm³/mol. The average molecular weight is 564 g/mol. The molecule has 14 heteroatoms. The van der Waals surface area contributed by atoms with Gasteiger partial charge in [0.15, 0.2) is 5.75 Å². The van der Waals surface area contributed by atoms with Gasteiger partial charge < -0.3 is 30.9 Å². The Balaban J connectivity index is 1.39. The summed E-state index contributed by atoms with van der Waals surface area (Å²) in [6.07, 6.45) is 2.93. The van der Waals surface area contributed by atoms with Crippen molar-refractivity contribution >= 4 is 49.3 Å². The number of nitrogens with one attached hydrogen (secondary N) is 2. The molecule has 38 heavy (non-hydrogen) atoms. The summed E-state index contributed by atoms with van der Waals surface area (Å²) in [5.74, 6) is 0.718. The number of hydrogen-bond donors (Lipinski definition) is 4. The number of aliphatic hydroxyl groups excluding tert-OH is 1. The molecule has 0 radical (unpaired) electrons. The number of nitrogens with zero attached hydrogens (tertiary/aromatic N) is 2.